The first-order valence-electron chi connectivity index (χ1n) is 19.6. The highest BCUT2D eigenvalue weighted by molar-refractivity contribution is 6.10. The highest BCUT2D eigenvalue weighted by atomic mass is 16.3. The number of rotatable bonds is 7. The molecule has 1 atom stereocenters. The van der Waals surface area contributed by atoms with Crippen LogP contribution in [0.5, 0.6) is 0 Å². The molecule has 10 aromatic rings. The number of fused-ring (bicyclic) bond motifs is 6. The minimum Gasteiger partial charge on any atom is -0.435 e. The number of para-hydroxylation sites is 3. The van der Waals surface area contributed by atoms with Crippen LogP contribution in [0.1, 0.15) is 6.42 Å². The Hall–Kier alpha value is -7.43. The van der Waals surface area contributed by atoms with E-state index in [1.165, 1.54) is 44.3 Å². The van der Waals surface area contributed by atoms with Crippen molar-refractivity contribution in [2.45, 2.75) is 12.5 Å². The number of anilines is 2. The van der Waals surface area contributed by atoms with Gasteiger partial charge in [0.1, 0.15) is 5.52 Å². The molecular weight excluding hydrogens is 695 g/mol. The Morgan fingerprint density at radius 1 is 0.544 bits per heavy atom. The van der Waals surface area contributed by atoms with Crippen molar-refractivity contribution in [1.82, 2.24) is 9.55 Å². The molecule has 270 valence electrons. The largest absolute Gasteiger partial charge is 0.435 e. The predicted molar refractivity (Wildman–Crippen MR) is 238 cm³/mol. The van der Waals surface area contributed by atoms with E-state index in [1.807, 2.05) is 30.3 Å². The number of oxazole rings is 1. The van der Waals surface area contributed by atoms with Crippen molar-refractivity contribution in [3.05, 3.63) is 206 Å². The van der Waals surface area contributed by atoms with Gasteiger partial charge in [-0.2, -0.15) is 0 Å². The fraction of sp³-hybridized carbons (Fsp3) is 0.0377. The number of hydrogen-bond acceptors (Lipinski definition) is 3. The molecule has 4 heteroatoms. The Kier molecular flexibility index (Phi) is 7.92. The van der Waals surface area contributed by atoms with Crippen LogP contribution >= 0.6 is 0 Å². The zero-order valence-electron chi connectivity index (χ0n) is 31.2. The normalized spacial score (nSPS) is 14.1. The van der Waals surface area contributed by atoms with Crippen molar-refractivity contribution in [3.8, 4) is 33.7 Å². The monoisotopic (exact) mass is 731 g/mol. The lowest BCUT2D eigenvalue weighted by molar-refractivity contribution is 0.623. The summed E-state index contributed by atoms with van der Waals surface area (Å²) in [6.07, 6.45) is 7.94. The molecule has 0 aliphatic heterocycles. The second-order valence-corrected chi connectivity index (χ2v) is 14.7. The van der Waals surface area contributed by atoms with E-state index < -0.39 is 0 Å². The molecule has 0 spiro atoms. The van der Waals surface area contributed by atoms with Gasteiger partial charge in [0, 0.05) is 44.4 Å². The van der Waals surface area contributed by atoms with Gasteiger partial charge in [-0.05, 0) is 95.2 Å². The van der Waals surface area contributed by atoms with Gasteiger partial charge >= 0.3 is 0 Å². The minimum absolute atomic E-state index is 0.100. The van der Waals surface area contributed by atoms with Crippen LogP contribution in [0.2, 0.25) is 0 Å². The molecule has 0 amide bonds. The summed E-state index contributed by atoms with van der Waals surface area (Å²) >= 11 is 0. The summed E-state index contributed by atoms with van der Waals surface area (Å²) in [5.74, 6) is 0.641. The maximum atomic E-state index is 6.33. The minimum atomic E-state index is 0.100. The van der Waals surface area contributed by atoms with E-state index in [4.69, 9.17) is 9.40 Å². The van der Waals surface area contributed by atoms with E-state index in [-0.39, 0.29) is 6.04 Å². The summed E-state index contributed by atoms with van der Waals surface area (Å²) in [5, 5.41) is 4.73. The third-order valence-corrected chi connectivity index (χ3v) is 11.3. The van der Waals surface area contributed by atoms with Crippen molar-refractivity contribution in [1.29, 1.82) is 0 Å². The summed E-state index contributed by atoms with van der Waals surface area (Å²) < 4.78 is 8.74. The van der Waals surface area contributed by atoms with Crippen LogP contribution in [-0.2, 0) is 0 Å². The molecule has 1 aliphatic rings. The van der Waals surface area contributed by atoms with Crippen LogP contribution in [0.25, 0.3) is 83.1 Å². The summed E-state index contributed by atoms with van der Waals surface area (Å²) in [7, 11) is 0. The summed E-state index contributed by atoms with van der Waals surface area (Å²) in [4.78, 5) is 7.30. The fourth-order valence-electron chi connectivity index (χ4n) is 8.62. The third kappa shape index (κ3) is 5.73. The molecule has 0 N–H and O–H groups in total. The van der Waals surface area contributed by atoms with Gasteiger partial charge in [0.15, 0.2) is 5.58 Å². The molecule has 1 unspecified atom stereocenters. The van der Waals surface area contributed by atoms with Gasteiger partial charge < -0.3 is 13.9 Å². The van der Waals surface area contributed by atoms with Crippen molar-refractivity contribution in [3.63, 3.8) is 0 Å². The maximum Gasteiger partial charge on any atom is 0.227 e. The van der Waals surface area contributed by atoms with Crippen LogP contribution in [0.3, 0.4) is 0 Å². The molecule has 0 saturated heterocycles. The summed E-state index contributed by atoms with van der Waals surface area (Å²) in [5.41, 5.74) is 13.3. The second kappa shape index (κ2) is 13.7. The van der Waals surface area contributed by atoms with Crippen LogP contribution in [0.4, 0.5) is 11.4 Å². The number of hydrogen-bond donors (Lipinski definition) is 0. The average molecular weight is 732 g/mol. The van der Waals surface area contributed by atoms with Gasteiger partial charge in [0.05, 0.1) is 17.1 Å². The van der Waals surface area contributed by atoms with E-state index >= 15 is 0 Å². The molecule has 11 rings (SSSR count). The quantitative estimate of drug-likeness (QED) is 0.164. The van der Waals surface area contributed by atoms with Crippen molar-refractivity contribution in [2.24, 2.45) is 0 Å². The third-order valence-electron chi connectivity index (χ3n) is 11.3. The molecule has 0 saturated carbocycles. The molecule has 57 heavy (non-hydrogen) atoms. The second-order valence-electron chi connectivity index (χ2n) is 14.7. The first kappa shape index (κ1) is 33.0. The van der Waals surface area contributed by atoms with Crippen LogP contribution in [0.15, 0.2) is 211 Å². The Morgan fingerprint density at radius 3 is 1.91 bits per heavy atom. The van der Waals surface area contributed by atoms with Gasteiger partial charge in [-0.15, -0.1) is 0 Å². The van der Waals surface area contributed by atoms with E-state index in [0.29, 0.717) is 5.89 Å². The SMILES string of the molecule is C1=CC(N(c2ccc(-c3ccc4c(ccc5nc(-c6ccccc6)oc54)c3)cc2)c2ccccc2-c2ccccc2)CC=C1n1c2ccccc2c2ccccc21. The van der Waals surface area contributed by atoms with Gasteiger partial charge in [0.2, 0.25) is 5.89 Å². The van der Waals surface area contributed by atoms with Crippen LogP contribution in [-0.4, -0.2) is 15.6 Å². The van der Waals surface area contributed by atoms with Crippen LogP contribution in [0, 0.1) is 0 Å². The van der Waals surface area contributed by atoms with E-state index in [0.717, 1.165) is 50.7 Å². The smallest absolute Gasteiger partial charge is 0.227 e. The molecule has 8 aromatic carbocycles. The zero-order chi connectivity index (χ0) is 37.7. The number of allylic oxidation sites excluding steroid dienone is 2. The Morgan fingerprint density at radius 2 is 1.19 bits per heavy atom. The van der Waals surface area contributed by atoms with Crippen molar-refractivity contribution in [2.75, 3.05) is 4.90 Å². The Balaban J connectivity index is 0.963. The molecule has 0 fully saturated rings. The summed E-state index contributed by atoms with van der Waals surface area (Å²) in [6, 6.07) is 67.0. The maximum absolute atomic E-state index is 6.33. The average Bonchev–Trinajstić information content (AvgIpc) is 3.88. The van der Waals surface area contributed by atoms with Gasteiger partial charge in [-0.25, -0.2) is 4.98 Å². The number of aromatic nitrogens is 2. The summed E-state index contributed by atoms with van der Waals surface area (Å²) in [6.45, 7) is 0. The first-order valence-corrected chi connectivity index (χ1v) is 19.6. The number of benzene rings is 8. The Bertz CT molecular complexity index is 3100. The molecular formula is C53H37N3O. The molecule has 2 heterocycles. The lowest BCUT2D eigenvalue weighted by Crippen LogP contribution is -2.30. The highest BCUT2D eigenvalue weighted by Gasteiger charge is 2.24. The van der Waals surface area contributed by atoms with Crippen molar-refractivity contribution >= 4 is 60.7 Å². The lowest BCUT2D eigenvalue weighted by Gasteiger charge is -2.35. The Labute approximate surface area is 330 Å². The lowest BCUT2D eigenvalue weighted by atomic mass is 9.97. The van der Waals surface area contributed by atoms with E-state index in [9.17, 15) is 0 Å². The highest BCUT2D eigenvalue weighted by Crippen LogP contribution is 2.41. The zero-order valence-corrected chi connectivity index (χ0v) is 31.2. The predicted octanol–water partition coefficient (Wildman–Crippen LogP) is 14.1. The standard InChI is InChI=1S/C53H37N3O/c1-3-13-37(14-4-1)44-17-7-10-20-49(44)55(42-29-31-43(32-30-42)56-50-21-11-8-18-46(50)47-19-9-12-22-51(47)56)41-27-23-36(24-28-41)39-25-33-45-40(35-39)26-34-48-52(45)57-53(54-48)38-15-5-2-6-16-38/h1-29,31-35,42H,30H2. The van der Waals surface area contributed by atoms with Gasteiger partial charge in [0.25, 0.3) is 0 Å². The first-order chi connectivity index (χ1) is 28.3. The van der Waals surface area contributed by atoms with Gasteiger partial charge in [-0.1, -0.05) is 140 Å². The molecule has 2 aromatic heterocycles. The molecule has 4 nitrogen and oxygen atoms in total. The number of nitrogens with zero attached hydrogens (tertiary/aromatic N) is 3. The topological polar surface area (TPSA) is 34.2 Å². The molecule has 1 aliphatic carbocycles. The van der Waals surface area contributed by atoms with Crippen molar-refractivity contribution < 1.29 is 4.42 Å². The van der Waals surface area contributed by atoms with E-state index in [2.05, 4.69) is 185 Å². The molecule has 0 radical (unpaired) electrons. The van der Waals surface area contributed by atoms with E-state index in [1.54, 1.807) is 0 Å². The van der Waals surface area contributed by atoms with Crippen LogP contribution < -0.4 is 4.90 Å². The molecule has 0 bridgehead atoms. The fourth-order valence-corrected chi connectivity index (χ4v) is 8.62. The van der Waals surface area contributed by atoms with Gasteiger partial charge in [-0.3, -0.25) is 0 Å².